The van der Waals surface area contributed by atoms with Crippen LogP contribution in [0.15, 0.2) is 146 Å². The molecule has 0 unspecified atom stereocenters. The Labute approximate surface area is 412 Å². The highest BCUT2D eigenvalue weighted by Crippen LogP contribution is 2.20. The van der Waals surface area contributed by atoms with Crippen LogP contribution in [-0.2, 0) is 59.5 Å². The molecule has 0 radical (unpaired) electrons. The fourth-order valence-electron chi connectivity index (χ4n) is 7.83. The lowest BCUT2D eigenvalue weighted by molar-refractivity contribution is -0.150. The Morgan fingerprint density at radius 1 is 0.634 bits per heavy atom. The van der Waals surface area contributed by atoms with Gasteiger partial charge in [0.15, 0.2) is 0 Å². The Balaban J connectivity index is 1.24. The van der Waals surface area contributed by atoms with Crippen LogP contribution in [0.25, 0.3) is 10.9 Å². The summed E-state index contributed by atoms with van der Waals surface area (Å²) in [5.41, 5.74) is 11.0. The van der Waals surface area contributed by atoms with Gasteiger partial charge in [-0.15, -0.1) is 0 Å². The molecule has 0 aliphatic heterocycles. The van der Waals surface area contributed by atoms with E-state index in [-0.39, 0.29) is 45.4 Å². The summed E-state index contributed by atoms with van der Waals surface area (Å²) in [6, 6.07) is 35.7. The van der Waals surface area contributed by atoms with E-state index in [9.17, 15) is 33.6 Å². The molecule has 6 rings (SSSR count). The highest BCUT2D eigenvalue weighted by Gasteiger charge is 2.36. The number of H-pyrrole nitrogens is 1. The van der Waals surface area contributed by atoms with E-state index in [1.165, 1.54) is 7.05 Å². The zero-order chi connectivity index (χ0) is 50.5. The van der Waals surface area contributed by atoms with Gasteiger partial charge in [0.25, 0.3) is 0 Å². The summed E-state index contributed by atoms with van der Waals surface area (Å²) in [6.07, 6.45) is 0.871. The van der Waals surface area contributed by atoms with Crippen molar-refractivity contribution >= 4 is 58.3 Å². The maximum absolute atomic E-state index is 14.6. The number of esters is 1. The molecule has 0 fully saturated rings. The molecule has 4 atom stereocenters. The van der Waals surface area contributed by atoms with Gasteiger partial charge in [0.2, 0.25) is 23.6 Å². The lowest BCUT2D eigenvalue weighted by atomic mass is 10.0. The molecule has 6 aromatic rings. The predicted molar refractivity (Wildman–Crippen MR) is 268 cm³/mol. The van der Waals surface area contributed by atoms with Crippen LogP contribution in [0.1, 0.15) is 53.5 Å². The van der Waals surface area contributed by atoms with E-state index in [4.69, 9.17) is 15.2 Å². The van der Waals surface area contributed by atoms with Gasteiger partial charge in [-0.3, -0.25) is 24.0 Å². The summed E-state index contributed by atoms with van der Waals surface area (Å²) < 4.78 is 11.0. The molecule has 8 N–H and O–H groups in total. The quantitative estimate of drug-likeness (QED) is 0.0279. The fraction of sp³-hybridized carbons (Fsp3) is 0.278. The van der Waals surface area contributed by atoms with Crippen LogP contribution in [0.3, 0.4) is 0 Å². The van der Waals surface area contributed by atoms with Crippen molar-refractivity contribution < 1.29 is 43.0 Å². The topological polar surface area (TPSA) is 243 Å². The Kier molecular flexibility index (Phi) is 19.3. The number of alkyl carbamates (subject to hydrolysis) is 1. The molecule has 0 bridgehead atoms. The molecule has 0 spiro atoms. The van der Waals surface area contributed by atoms with Crippen molar-refractivity contribution in [1.29, 1.82) is 0 Å². The summed E-state index contributed by atoms with van der Waals surface area (Å²) in [7, 11) is 1.36. The number of fused-ring (bicyclic) bond motifs is 1. The number of aromatic amines is 1. The van der Waals surface area contributed by atoms with E-state index in [1.807, 2.05) is 55.5 Å². The molecule has 0 saturated carbocycles. The van der Waals surface area contributed by atoms with Gasteiger partial charge in [-0.2, -0.15) is 0 Å². The third-order valence-electron chi connectivity index (χ3n) is 11.8. The normalized spacial score (nSPS) is 12.5. The van der Waals surface area contributed by atoms with Crippen molar-refractivity contribution in [3.8, 4) is 0 Å². The molecule has 17 nitrogen and oxygen atoms in total. The Morgan fingerprint density at radius 3 is 1.87 bits per heavy atom. The average Bonchev–Trinajstić information content (AvgIpc) is 3.79. The monoisotopic (exact) mass is 964 g/mol. The molecule has 1 heterocycles. The number of carbonyl (C=O) groups excluding carboxylic acids is 7. The number of anilines is 1. The van der Waals surface area contributed by atoms with Crippen LogP contribution in [0.4, 0.5) is 15.3 Å². The van der Waals surface area contributed by atoms with Crippen LogP contribution >= 0.6 is 0 Å². The van der Waals surface area contributed by atoms with Gasteiger partial charge in [0.05, 0.1) is 6.42 Å². The highest BCUT2D eigenvalue weighted by molar-refractivity contribution is 5.97. The van der Waals surface area contributed by atoms with Crippen LogP contribution in [0, 0.1) is 6.92 Å². The molecule has 17 heteroatoms. The van der Waals surface area contributed by atoms with Gasteiger partial charge in [0.1, 0.15) is 37.4 Å². The van der Waals surface area contributed by atoms with Crippen LogP contribution in [0.5, 0.6) is 0 Å². The number of primary amides is 1. The number of carbonyl (C=O) groups is 7. The molecule has 7 amide bonds. The Hall–Kier alpha value is -8.47. The minimum absolute atomic E-state index is 0.00987. The highest BCUT2D eigenvalue weighted by atomic mass is 16.5. The number of rotatable bonds is 24. The average molecular weight is 965 g/mol. The van der Waals surface area contributed by atoms with Gasteiger partial charge in [-0.1, -0.05) is 127 Å². The number of ether oxygens (including phenoxy) is 2. The number of benzene rings is 5. The fourth-order valence-corrected chi connectivity index (χ4v) is 7.83. The van der Waals surface area contributed by atoms with Crippen molar-refractivity contribution in [1.82, 2.24) is 31.2 Å². The number of unbranched alkanes of at least 4 members (excludes halogenated alkanes) is 1. The Morgan fingerprint density at radius 2 is 1.21 bits per heavy atom. The summed E-state index contributed by atoms with van der Waals surface area (Å²) in [6.45, 7) is 1.88. The van der Waals surface area contributed by atoms with E-state index in [0.717, 1.165) is 26.9 Å². The largest absolute Gasteiger partial charge is 0.461 e. The van der Waals surface area contributed by atoms with E-state index in [0.29, 0.717) is 28.8 Å². The first-order valence-electron chi connectivity index (χ1n) is 23.4. The molecule has 1 aromatic heterocycles. The number of para-hydroxylation sites is 2. The van der Waals surface area contributed by atoms with Crippen LogP contribution in [0.2, 0.25) is 0 Å². The first-order chi connectivity index (χ1) is 34.3. The minimum atomic E-state index is -1.59. The zero-order valence-electron chi connectivity index (χ0n) is 39.7. The van der Waals surface area contributed by atoms with Gasteiger partial charge in [-0.05, 0) is 66.1 Å². The number of aromatic nitrogens is 1. The van der Waals surface area contributed by atoms with Crippen molar-refractivity contribution in [3.05, 3.63) is 174 Å². The SMILES string of the molecule is Cc1ccccc1NC(=O)NCCCC[C@H](NC(=O)[C@H](Cc1c[nH]c2ccccc12)NC(=O)OCc1ccccc1)C(=O)N[C@@H](CC(=O)OCc1ccccc1)C(=O)N(C)[C@@H](Cc1ccccc1)C(N)=O. The first kappa shape index (κ1) is 51.9. The Bertz CT molecular complexity index is 2740. The standard InChI is InChI=1S/C54H60N8O9/c1-36-18-12-14-26-42(36)60-53(68)56-29-17-16-28-44(58-51(66)45(31-40-33-57-43-27-15-13-25-41(40)43)61-54(69)71-35-39-23-10-5-11-24-39)50(65)59-46(32-48(63)70-34-38-21-8-4-9-22-38)52(67)62(2)47(49(55)64)30-37-19-6-3-7-20-37/h3-15,18-27,33,44-47,57H,16-17,28-32,34-35H2,1-2H3,(H2,55,64)(H,58,66)(H,59,65)(H,61,69)(H2,56,60,68)/t44-,45-,46-,47-/m0/s1. The zero-order valence-corrected chi connectivity index (χ0v) is 39.7. The second kappa shape index (κ2) is 26.3. The first-order valence-corrected chi connectivity index (χ1v) is 23.4. The number of hydrogen-bond donors (Lipinski definition) is 7. The molecule has 0 saturated heterocycles. The third-order valence-corrected chi connectivity index (χ3v) is 11.8. The summed E-state index contributed by atoms with van der Waals surface area (Å²) in [5.74, 6) is -4.05. The summed E-state index contributed by atoms with van der Waals surface area (Å²) in [4.78, 5) is 100. The number of amides is 7. The number of nitrogens with two attached hydrogens (primary N) is 1. The minimum Gasteiger partial charge on any atom is -0.461 e. The molecule has 0 aliphatic rings. The second-order valence-corrected chi connectivity index (χ2v) is 17.0. The van der Waals surface area contributed by atoms with E-state index in [2.05, 4.69) is 31.6 Å². The van der Waals surface area contributed by atoms with Crippen molar-refractivity contribution in [2.75, 3.05) is 18.9 Å². The molecule has 370 valence electrons. The van der Waals surface area contributed by atoms with Gasteiger partial charge >= 0.3 is 18.1 Å². The van der Waals surface area contributed by atoms with Gasteiger partial charge in [-0.25, -0.2) is 9.59 Å². The predicted octanol–water partition coefficient (Wildman–Crippen LogP) is 5.96. The number of nitrogens with zero attached hydrogens (tertiary/aromatic N) is 1. The van der Waals surface area contributed by atoms with E-state index >= 15 is 0 Å². The number of hydrogen-bond acceptors (Lipinski definition) is 9. The van der Waals surface area contributed by atoms with Crippen molar-refractivity contribution in [2.45, 2.75) is 82.8 Å². The molecular weight excluding hydrogens is 905 g/mol. The lowest BCUT2D eigenvalue weighted by Crippen LogP contribution is -2.59. The van der Waals surface area contributed by atoms with Gasteiger partial charge in [0, 0.05) is 49.2 Å². The van der Waals surface area contributed by atoms with Crippen molar-refractivity contribution in [2.24, 2.45) is 5.73 Å². The maximum atomic E-state index is 14.6. The van der Waals surface area contributed by atoms with Crippen molar-refractivity contribution in [3.63, 3.8) is 0 Å². The van der Waals surface area contributed by atoms with E-state index < -0.39 is 72.3 Å². The third kappa shape index (κ3) is 16.1. The number of urea groups is 1. The van der Waals surface area contributed by atoms with Gasteiger partial charge < -0.3 is 51.7 Å². The number of nitrogens with one attached hydrogen (secondary N) is 6. The molecule has 5 aromatic carbocycles. The summed E-state index contributed by atoms with van der Waals surface area (Å²) >= 11 is 0. The van der Waals surface area contributed by atoms with E-state index in [1.54, 1.807) is 97.2 Å². The van der Waals surface area contributed by atoms with Crippen LogP contribution < -0.4 is 32.3 Å². The maximum Gasteiger partial charge on any atom is 0.408 e. The number of aryl methyl sites for hydroxylation is 1. The number of likely N-dealkylation sites (N-methyl/N-ethyl adjacent to an activating group) is 1. The molecular formula is C54H60N8O9. The van der Waals surface area contributed by atoms with Crippen LogP contribution in [-0.4, -0.2) is 89.4 Å². The summed E-state index contributed by atoms with van der Waals surface area (Å²) in [5, 5.41) is 14.6. The smallest absolute Gasteiger partial charge is 0.408 e. The molecule has 71 heavy (non-hydrogen) atoms. The molecule has 0 aliphatic carbocycles. The lowest BCUT2D eigenvalue weighted by Gasteiger charge is -2.31. The second-order valence-electron chi connectivity index (χ2n) is 17.0.